The zero-order chi connectivity index (χ0) is 24.7. The Morgan fingerprint density at radius 3 is 2.71 bits per heavy atom. The number of nitrogens with zero attached hydrogens (tertiary/aromatic N) is 5. The van der Waals surface area contributed by atoms with Gasteiger partial charge >= 0.3 is 5.97 Å². The second-order valence-electron chi connectivity index (χ2n) is 8.87. The summed E-state index contributed by atoms with van der Waals surface area (Å²) in [6.45, 7) is 7.09. The fraction of sp³-hybridized carbons (Fsp3) is 0.360. The Bertz CT molecular complexity index is 1550. The van der Waals surface area contributed by atoms with Gasteiger partial charge in [-0.2, -0.15) is 4.52 Å². The number of fused-ring (bicyclic) bond motifs is 3. The van der Waals surface area contributed by atoms with E-state index in [0.717, 1.165) is 29.4 Å². The molecule has 0 N–H and O–H groups in total. The maximum absolute atomic E-state index is 13.6. The van der Waals surface area contributed by atoms with Crippen molar-refractivity contribution in [2.45, 2.75) is 43.5 Å². The first kappa shape index (κ1) is 23.2. The van der Waals surface area contributed by atoms with Crippen molar-refractivity contribution in [3.05, 3.63) is 53.6 Å². The Labute approximate surface area is 203 Å². The molecular weight excluding hydrogens is 466 g/mol. The van der Waals surface area contributed by atoms with E-state index in [4.69, 9.17) is 9.72 Å². The molecule has 0 spiro atoms. The molecule has 0 bridgehead atoms. The number of anilines is 1. The van der Waals surface area contributed by atoms with E-state index < -0.39 is 9.84 Å². The first-order valence-corrected chi connectivity index (χ1v) is 13.2. The second kappa shape index (κ2) is 8.92. The third kappa shape index (κ3) is 4.01. The lowest BCUT2D eigenvalue weighted by Crippen LogP contribution is -2.40. The topological polar surface area (TPSA) is 107 Å². The molecule has 0 amide bonds. The number of benzene rings is 2. The number of ether oxygens (including phenoxy) is 1. The number of aryl methyl sites for hydroxylation is 2. The smallest absolute Gasteiger partial charge is 0.310 e. The van der Waals surface area contributed by atoms with E-state index in [1.165, 1.54) is 4.52 Å². The van der Waals surface area contributed by atoms with E-state index in [1.54, 1.807) is 25.1 Å². The number of hydrogen-bond donors (Lipinski definition) is 0. The van der Waals surface area contributed by atoms with Crippen LogP contribution in [0.25, 0.3) is 16.6 Å². The number of piperidine rings is 1. The molecule has 1 aliphatic heterocycles. The van der Waals surface area contributed by atoms with Gasteiger partial charge in [0.2, 0.25) is 14.9 Å². The van der Waals surface area contributed by atoms with Gasteiger partial charge < -0.3 is 9.64 Å². The number of aromatic nitrogens is 4. The predicted molar refractivity (Wildman–Crippen MR) is 131 cm³/mol. The summed E-state index contributed by atoms with van der Waals surface area (Å²) in [5, 5.41) is 8.86. The molecule has 5 rings (SSSR count). The molecule has 2 aromatic heterocycles. The van der Waals surface area contributed by atoms with Crippen LogP contribution in [0, 0.1) is 19.8 Å². The number of carbonyl (C=O) groups excluding carboxylic acids is 1. The van der Waals surface area contributed by atoms with Gasteiger partial charge in [-0.25, -0.2) is 13.4 Å². The lowest BCUT2D eigenvalue weighted by Gasteiger charge is -2.33. The van der Waals surface area contributed by atoms with E-state index in [1.807, 2.05) is 43.0 Å². The number of rotatable bonds is 5. The van der Waals surface area contributed by atoms with E-state index in [9.17, 15) is 13.2 Å². The van der Waals surface area contributed by atoms with Crippen LogP contribution in [0.4, 0.5) is 5.82 Å². The maximum Gasteiger partial charge on any atom is 0.310 e. The molecule has 2 aromatic carbocycles. The minimum atomic E-state index is -3.96. The molecule has 35 heavy (non-hydrogen) atoms. The van der Waals surface area contributed by atoms with Crippen molar-refractivity contribution in [2.24, 2.45) is 5.92 Å². The third-order valence-corrected chi connectivity index (χ3v) is 8.23. The highest BCUT2D eigenvalue weighted by atomic mass is 32.2. The Morgan fingerprint density at radius 2 is 1.94 bits per heavy atom. The Hall–Kier alpha value is -3.53. The Balaban J connectivity index is 1.66. The van der Waals surface area contributed by atoms with Gasteiger partial charge in [0, 0.05) is 18.5 Å². The second-order valence-corrected chi connectivity index (χ2v) is 10.7. The van der Waals surface area contributed by atoms with Crippen molar-refractivity contribution in [3.63, 3.8) is 0 Å². The van der Waals surface area contributed by atoms with Gasteiger partial charge in [0.1, 0.15) is 5.82 Å². The molecule has 182 valence electrons. The molecule has 1 saturated heterocycles. The van der Waals surface area contributed by atoms with E-state index in [0.29, 0.717) is 31.0 Å². The van der Waals surface area contributed by atoms with Gasteiger partial charge in [0.15, 0.2) is 5.65 Å². The molecule has 9 nitrogen and oxygen atoms in total. The fourth-order valence-corrected chi connectivity index (χ4v) is 5.88. The lowest BCUT2D eigenvalue weighted by atomic mass is 9.98. The molecule has 0 aliphatic carbocycles. The van der Waals surface area contributed by atoms with Crippen LogP contribution in [0.5, 0.6) is 0 Å². The van der Waals surface area contributed by atoms with Crippen LogP contribution < -0.4 is 4.90 Å². The molecule has 0 unspecified atom stereocenters. The number of sulfone groups is 1. The number of carbonyl (C=O) groups is 1. The average molecular weight is 494 g/mol. The summed E-state index contributed by atoms with van der Waals surface area (Å²) in [5.41, 5.74) is 2.74. The summed E-state index contributed by atoms with van der Waals surface area (Å²) in [4.78, 5) is 19.4. The molecule has 0 radical (unpaired) electrons. The van der Waals surface area contributed by atoms with Crippen molar-refractivity contribution in [3.8, 4) is 0 Å². The minimum Gasteiger partial charge on any atom is -0.466 e. The van der Waals surface area contributed by atoms with Gasteiger partial charge in [-0.15, -0.1) is 5.10 Å². The zero-order valence-electron chi connectivity index (χ0n) is 19.9. The normalized spacial score (nSPS) is 16.7. The highest BCUT2D eigenvalue weighted by molar-refractivity contribution is 7.91. The van der Waals surface area contributed by atoms with Gasteiger partial charge in [-0.1, -0.05) is 23.4 Å². The Morgan fingerprint density at radius 1 is 1.14 bits per heavy atom. The molecule has 10 heteroatoms. The number of esters is 1. The molecular formula is C25H27N5O4S. The molecule has 1 fully saturated rings. The van der Waals surface area contributed by atoms with E-state index in [2.05, 4.69) is 10.3 Å². The average Bonchev–Trinajstić information content (AvgIpc) is 3.30. The van der Waals surface area contributed by atoms with E-state index >= 15 is 0 Å². The van der Waals surface area contributed by atoms with Crippen molar-refractivity contribution >= 4 is 38.2 Å². The summed E-state index contributed by atoms with van der Waals surface area (Å²) in [6, 6.07) is 12.6. The highest BCUT2D eigenvalue weighted by Gasteiger charge is 2.31. The van der Waals surface area contributed by atoms with Crippen LogP contribution in [-0.2, 0) is 19.4 Å². The molecule has 3 heterocycles. The first-order valence-electron chi connectivity index (χ1n) is 11.7. The molecule has 0 saturated carbocycles. The fourth-order valence-electron chi connectivity index (χ4n) is 4.56. The largest absolute Gasteiger partial charge is 0.466 e. The van der Waals surface area contributed by atoms with Crippen molar-refractivity contribution in [2.75, 3.05) is 24.6 Å². The maximum atomic E-state index is 13.6. The van der Waals surface area contributed by atoms with Gasteiger partial charge in [-0.3, -0.25) is 4.79 Å². The van der Waals surface area contributed by atoms with Gasteiger partial charge in [0.25, 0.3) is 0 Å². The van der Waals surface area contributed by atoms with Crippen LogP contribution in [0.2, 0.25) is 0 Å². The summed E-state index contributed by atoms with van der Waals surface area (Å²) in [5.74, 6) is 0.134. The van der Waals surface area contributed by atoms with Gasteiger partial charge in [0.05, 0.1) is 22.9 Å². The van der Waals surface area contributed by atoms with Crippen LogP contribution in [0.1, 0.15) is 30.9 Å². The first-order chi connectivity index (χ1) is 16.8. The van der Waals surface area contributed by atoms with Crippen molar-refractivity contribution in [1.82, 2.24) is 19.8 Å². The quantitative estimate of drug-likeness (QED) is 0.389. The van der Waals surface area contributed by atoms with Crippen LogP contribution in [0.15, 0.2) is 52.4 Å². The molecule has 4 aromatic rings. The van der Waals surface area contributed by atoms with Crippen molar-refractivity contribution < 1.29 is 17.9 Å². The van der Waals surface area contributed by atoms with Crippen LogP contribution >= 0.6 is 0 Å². The highest BCUT2D eigenvalue weighted by Crippen LogP contribution is 2.32. The third-order valence-electron chi connectivity index (χ3n) is 6.59. The summed E-state index contributed by atoms with van der Waals surface area (Å²) < 4.78 is 33.9. The van der Waals surface area contributed by atoms with Crippen LogP contribution in [-0.4, -0.2) is 53.9 Å². The van der Waals surface area contributed by atoms with Gasteiger partial charge in [-0.05, 0) is 69.0 Å². The summed E-state index contributed by atoms with van der Waals surface area (Å²) >= 11 is 0. The number of hydrogen-bond acceptors (Lipinski definition) is 8. The van der Waals surface area contributed by atoms with Crippen LogP contribution in [0.3, 0.4) is 0 Å². The standard InChI is InChI=1S/C25H27N5O4S/c1-4-34-25(31)18-8-7-13-29(15-18)22-20-9-5-6-10-21(20)30-23(26-22)24(27-28-30)35(32,33)19-12-11-16(2)17(3)14-19/h5-6,9-12,14,18H,4,7-8,13,15H2,1-3H3/t18-/m1/s1. The lowest BCUT2D eigenvalue weighted by molar-refractivity contribution is -0.148. The minimum absolute atomic E-state index is 0.153. The van der Waals surface area contributed by atoms with E-state index in [-0.39, 0.29) is 27.5 Å². The molecule has 1 aliphatic rings. The Kier molecular flexibility index (Phi) is 5.92. The predicted octanol–water partition coefficient (Wildman–Crippen LogP) is 3.51. The SMILES string of the molecule is CCOC(=O)[C@@H]1CCCN(c2nc3c(S(=O)(=O)c4ccc(C)c(C)c4)nnn3c3ccccc23)C1. The summed E-state index contributed by atoms with van der Waals surface area (Å²) in [7, 11) is -3.96. The van der Waals surface area contributed by atoms with Crippen molar-refractivity contribution in [1.29, 1.82) is 0 Å². The summed E-state index contributed by atoms with van der Waals surface area (Å²) in [6.07, 6.45) is 1.55. The zero-order valence-corrected chi connectivity index (χ0v) is 20.7. The number of para-hydroxylation sites is 1. The monoisotopic (exact) mass is 493 g/mol. The molecule has 1 atom stereocenters.